The minimum absolute atomic E-state index is 0.0493. The highest BCUT2D eigenvalue weighted by Crippen LogP contribution is 2.30. The van der Waals surface area contributed by atoms with E-state index in [1.165, 1.54) is 10.5 Å². The van der Waals surface area contributed by atoms with Gasteiger partial charge < -0.3 is 10.1 Å². The third-order valence-corrected chi connectivity index (χ3v) is 6.82. The van der Waals surface area contributed by atoms with Crippen LogP contribution in [-0.2, 0) is 14.8 Å². The molecule has 0 radical (unpaired) electrons. The van der Waals surface area contributed by atoms with Crippen LogP contribution in [-0.4, -0.2) is 38.4 Å². The normalized spacial score (nSPS) is 15.1. The van der Waals surface area contributed by atoms with E-state index < -0.39 is 10.0 Å². The molecule has 0 atom stereocenters. The number of carbonyl (C=O) groups excluding carboxylic acids is 1. The number of nitrogens with one attached hydrogen (secondary N) is 1. The molecule has 32 heavy (non-hydrogen) atoms. The standard InChI is InChI=1S/C22H17ClN4O4S/c1-24-17-5-9-21(25-13-17)19-12-16(4-8-20(19)23)26-22(28)15-2-6-18(7-3-15)27-14-31-10-11-32(27,29)30/h2-9,12-13H,10-11,14H2,(H,26,28). The zero-order valence-electron chi connectivity index (χ0n) is 16.7. The summed E-state index contributed by atoms with van der Waals surface area (Å²) in [6.45, 7) is 7.14. The molecule has 3 aromatic rings. The van der Waals surface area contributed by atoms with Gasteiger partial charge in [-0.3, -0.25) is 9.78 Å². The molecule has 1 N–H and O–H groups in total. The van der Waals surface area contributed by atoms with Crippen molar-refractivity contribution in [2.45, 2.75) is 0 Å². The van der Waals surface area contributed by atoms with Crippen LogP contribution in [0.1, 0.15) is 10.4 Å². The van der Waals surface area contributed by atoms with E-state index in [0.717, 1.165) is 0 Å². The molecule has 1 aliphatic rings. The summed E-state index contributed by atoms with van der Waals surface area (Å²) in [5, 5.41) is 3.26. The Morgan fingerprint density at radius 3 is 2.59 bits per heavy atom. The van der Waals surface area contributed by atoms with Crippen molar-refractivity contribution in [3.63, 3.8) is 0 Å². The third kappa shape index (κ3) is 4.57. The van der Waals surface area contributed by atoms with E-state index in [2.05, 4.69) is 15.1 Å². The van der Waals surface area contributed by atoms with Gasteiger partial charge in [-0.05, 0) is 48.5 Å². The third-order valence-electron chi connectivity index (χ3n) is 4.82. The number of carbonyl (C=O) groups is 1. The molecular weight excluding hydrogens is 452 g/mol. The summed E-state index contributed by atoms with van der Waals surface area (Å²) in [6.07, 6.45) is 1.46. The van der Waals surface area contributed by atoms with Crippen LogP contribution in [0.15, 0.2) is 60.8 Å². The molecule has 10 heteroatoms. The number of anilines is 2. The quantitative estimate of drug-likeness (QED) is 0.575. The number of benzene rings is 2. The Morgan fingerprint density at radius 2 is 1.94 bits per heavy atom. The molecular formula is C22H17ClN4O4S. The first kappa shape index (κ1) is 21.8. The number of halogens is 1. The number of aromatic nitrogens is 1. The van der Waals surface area contributed by atoms with Crippen molar-refractivity contribution in [3.8, 4) is 11.3 Å². The van der Waals surface area contributed by atoms with Crippen molar-refractivity contribution < 1.29 is 17.9 Å². The highest BCUT2D eigenvalue weighted by Gasteiger charge is 2.26. The van der Waals surface area contributed by atoms with Gasteiger partial charge in [-0.2, -0.15) is 0 Å². The smallest absolute Gasteiger partial charge is 0.255 e. The molecule has 0 aliphatic carbocycles. The van der Waals surface area contributed by atoms with Gasteiger partial charge in [-0.1, -0.05) is 17.7 Å². The van der Waals surface area contributed by atoms with Crippen molar-refractivity contribution in [2.75, 3.05) is 28.7 Å². The van der Waals surface area contributed by atoms with Crippen LogP contribution in [0.3, 0.4) is 0 Å². The summed E-state index contributed by atoms with van der Waals surface area (Å²) in [5.74, 6) is -0.442. The van der Waals surface area contributed by atoms with Crippen LogP contribution in [0.25, 0.3) is 16.1 Å². The van der Waals surface area contributed by atoms with Gasteiger partial charge in [-0.15, -0.1) is 0 Å². The largest absolute Gasteiger partial charge is 0.359 e. The second kappa shape index (κ2) is 8.96. The average molecular weight is 469 g/mol. The maximum Gasteiger partial charge on any atom is 0.255 e. The zero-order valence-corrected chi connectivity index (χ0v) is 18.2. The Bertz CT molecular complexity index is 1300. The Balaban J connectivity index is 1.52. The second-order valence-electron chi connectivity index (χ2n) is 6.91. The molecule has 1 aromatic heterocycles. The van der Waals surface area contributed by atoms with Gasteiger partial charge in [0, 0.05) is 23.0 Å². The number of amides is 1. The number of rotatable bonds is 4. The summed E-state index contributed by atoms with van der Waals surface area (Å²) in [7, 11) is -3.42. The number of sulfonamides is 1. The summed E-state index contributed by atoms with van der Waals surface area (Å²) in [6, 6.07) is 14.6. The first-order valence-corrected chi connectivity index (χ1v) is 11.5. The summed E-state index contributed by atoms with van der Waals surface area (Å²) in [4.78, 5) is 20.3. The Kier molecular flexibility index (Phi) is 6.10. The molecule has 2 aromatic carbocycles. The molecule has 0 saturated carbocycles. The van der Waals surface area contributed by atoms with E-state index >= 15 is 0 Å². The van der Waals surface area contributed by atoms with Crippen molar-refractivity contribution in [2.24, 2.45) is 0 Å². The van der Waals surface area contributed by atoms with Crippen LogP contribution in [0, 0.1) is 6.57 Å². The van der Waals surface area contributed by atoms with Crippen molar-refractivity contribution in [3.05, 3.63) is 82.8 Å². The van der Waals surface area contributed by atoms with Crippen molar-refractivity contribution in [1.82, 2.24) is 4.98 Å². The van der Waals surface area contributed by atoms with E-state index in [1.54, 1.807) is 54.6 Å². The predicted octanol–water partition coefficient (Wildman–Crippen LogP) is 4.33. The van der Waals surface area contributed by atoms with Crippen molar-refractivity contribution >= 4 is 44.6 Å². The molecule has 2 heterocycles. The van der Waals surface area contributed by atoms with Gasteiger partial charge in [-0.25, -0.2) is 17.6 Å². The zero-order chi connectivity index (χ0) is 22.7. The number of nitrogens with zero attached hydrogens (tertiary/aromatic N) is 3. The topological polar surface area (TPSA) is 93.0 Å². The van der Waals surface area contributed by atoms with E-state index in [9.17, 15) is 13.2 Å². The van der Waals surface area contributed by atoms with Crippen molar-refractivity contribution in [1.29, 1.82) is 0 Å². The maximum absolute atomic E-state index is 12.7. The van der Waals surface area contributed by atoms with Crippen LogP contribution >= 0.6 is 11.6 Å². The fraction of sp³-hybridized carbons (Fsp3) is 0.136. The Labute approximate surface area is 190 Å². The van der Waals surface area contributed by atoms with E-state index in [0.29, 0.717) is 38.9 Å². The lowest BCUT2D eigenvalue weighted by atomic mass is 10.1. The fourth-order valence-electron chi connectivity index (χ4n) is 3.13. The number of hydrogen-bond acceptors (Lipinski definition) is 5. The van der Waals surface area contributed by atoms with Crippen LogP contribution in [0.4, 0.5) is 17.1 Å². The average Bonchev–Trinajstić information content (AvgIpc) is 2.80. The molecule has 1 amide bonds. The summed E-state index contributed by atoms with van der Waals surface area (Å²) in [5.41, 5.74) is 2.92. The number of hydrogen-bond donors (Lipinski definition) is 1. The summed E-state index contributed by atoms with van der Waals surface area (Å²) >= 11 is 6.30. The van der Waals surface area contributed by atoms with Gasteiger partial charge in [0.05, 0.1) is 35.3 Å². The molecule has 1 fully saturated rings. The molecule has 1 aliphatic heterocycles. The van der Waals surface area contributed by atoms with Crippen LogP contribution in [0.5, 0.6) is 0 Å². The SMILES string of the molecule is [C-]#[N+]c1ccc(-c2cc(NC(=O)c3ccc(N4COCCS4(=O)=O)cc3)ccc2Cl)nc1. The lowest BCUT2D eigenvalue weighted by Crippen LogP contribution is -2.41. The van der Waals surface area contributed by atoms with E-state index in [4.69, 9.17) is 22.9 Å². The Hall–Kier alpha value is -3.45. The van der Waals surface area contributed by atoms with Crippen LogP contribution < -0.4 is 9.62 Å². The fourth-order valence-corrected chi connectivity index (χ4v) is 4.57. The van der Waals surface area contributed by atoms with Gasteiger partial charge in [0.15, 0.2) is 0 Å². The van der Waals surface area contributed by atoms with E-state index in [1.807, 2.05) is 0 Å². The molecule has 0 unspecified atom stereocenters. The van der Waals surface area contributed by atoms with Gasteiger partial charge >= 0.3 is 0 Å². The first-order chi connectivity index (χ1) is 15.4. The maximum atomic E-state index is 12.7. The summed E-state index contributed by atoms with van der Waals surface area (Å²) < 4.78 is 30.8. The lowest BCUT2D eigenvalue weighted by molar-refractivity contribution is 0.102. The number of pyridine rings is 1. The monoisotopic (exact) mass is 468 g/mol. The molecule has 4 rings (SSSR count). The minimum atomic E-state index is -3.42. The number of ether oxygens (including phenoxy) is 1. The molecule has 8 nitrogen and oxygen atoms in total. The molecule has 0 bridgehead atoms. The van der Waals surface area contributed by atoms with Crippen LogP contribution in [0.2, 0.25) is 5.02 Å². The van der Waals surface area contributed by atoms with E-state index in [-0.39, 0.29) is 25.0 Å². The van der Waals surface area contributed by atoms with Gasteiger partial charge in [0.2, 0.25) is 15.7 Å². The molecule has 1 saturated heterocycles. The molecule has 0 spiro atoms. The Morgan fingerprint density at radius 1 is 1.16 bits per heavy atom. The van der Waals surface area contributed by atoms with Gasteiger partial charge in [0.25, 0.3) is 5.91 Å². The van der Waals surface area contributed by atoms with Gasteiger partial charge in [0.1, 0.15) is 6.73 Å². The second-order valence-corrected chi connectivity index (χ2v) is 9.33. The lowest BCUT2D eigenvalue weighted by Gasteiger charge is -2.28. The highest BCUT2D eigenvalue weighted by molar-refractivity contribution is 7.92. The molecule has 162 valence electrons. The first-order valence-electron chi connectivity index (χ1n) is 9.50. The minimum Gasteiger partial charge on any atom is -0.359 e. The highest BCUT2D eigenvalue weighted by atomic mass is 35.5. The predicted molar refractivity (Wildman–Crippen MR) is 122 cm³/mol.